The van der Waals surface area contributed by atoms with E-state index in [1.54, 1.807) is 7.05 Å². The molecule has 0 radical (unpaired) electrons. The first-order valence-corrected chi connectivity index (χ1v) is 10.6. The number of aliphatic imine (C=N–C) groups is 1. The summed E-state index contributed by atoms with van der Waals surface area (Å²) >= 11 is 0. The van der Waals surface area contributed by atoms with Crippen LogP contribution in [0.4, 0.5) is 5.69 Å². The predicted octanol–water partition coefficient (Wildman–Crippen LogP) is 2.20. The van der Waals surface area contributed by atoms with Crippen LogP contribution < -0.4 is 20.9 Å². The van der Waals surface area contributed by atoms with Gasteiger partial charge in [0.2, 0.25) is 5.91 Å². The molecule has 7 nitrogen and oxygen atoms in total. The summed E-state index contributed by atoms with van der Waals surface area (Å²) in [6.07, 6.45) is 1.04. The van der Waals surface area contributed by atoms with Gasteiger partial charge in [-0.15, -0.1) is 24.0 Å². The molecule has 30 heavy (non-hydrogen) atoms. The predicted molar refractivity (Wildman–Crippen MR) is 137 cm³/mol. The molecule has 8 heteroatoms. The largest absolute Gasteiger partial charge is 0.369 e. The van der Waals surface area contributed by atoms with Crippen LogP contribution in [0.15, 0.2) is 29.3 Å². The number of amides is 1. The Bertz CT molecular complexity index is 680. The zero-order chi connectivity index (χ0) is 21.3. The molecule has 1 aliphatic rings. The van der Waals surface area contributed by atoms with E-state index in [2.05, 4.69) is 61.9 Å². The molecule has 0 unspecified atom stereocenters. The third-order valence-electron chi connectivity index (χ3n) is 4.84. The first-order chi connectivity index (χ1) is 13.8. The Hall–Kier alpha value is -1.55. The van der Waals surface area contributed by atoms with E-state index >= 15 is 0 Å². The van der Waals surface area contributed by atoms with Crippen LogP contribution in [-0.2, 0) is 4.79 Å². The van der Waals surface area contributed by atoms with Crippen molar-refractivity contribution >= 4 is 41.5 Å². The van der Waals surface area contributed by atoms with E-state index in [1.165, 1.54) is 11.3 Å². The number of benzene rings is 1. The lowest BCUT2D eigenvalue weighted by Crippen LogP contribution is -2.49. The topological polar surface area (TPSA) is 72.0 Å². The van der Waals surface area contributed by atoms with Crippen molar-refractivity contribution in [1.29, 1.82) is 0 Å². The van der Waals surface area contributed by atoms with Gasteiger partial charge in [-0.25, -0.2) is 0 Å². The van der Waals surface area contributed by atoms with Crippen molar-refractivity contribution in [3.63, 3.8) is 0 Å². The van der Waals surface area contributed by atoms with Crippen molar-refractivity contribution in [3.05, 3.63) is 29.8 Å². The van der Waals surface area contributed by atoms with E-state index in [1.807, 2.05) is 20.8 Å². The Morgan fingerprint density at radius 2 is 1.83 bits per heavy atom. The summed E-state index contributed by atoms with van der Waals surface area (Å²) in [6.45, 7) is 14.5. The number of hydrogen-bond donors (Lipinski definition) is 3. The molecule has 0 bridgehead atoms. The van der Waals surface area contributed by atoms with Crippen LogP contribution in [0, 0.1) is 6.92 Å². The van der Waals surface area contributed by atoms with Gasteiger partial charge in [0.05, 0.1) is 6.54 Å². The van der Waals surface area contributed by atoms with Crippen LogP contribution in [0.5, 0.6) is 0 Å². The Labute approximate surface area is 199 Å². The fraction of sp³-hybridized carbons (Fsp3) is 0.636. The van der Waals surface area contributed by atoms with Crippen molar-refractivity contribution in [3.8, 4) is 0 Å². The zero-order valence-electron chi connectivity index (χ0n) is 19.1. The van der Waals surface area contributed by atoms with Crippen LogP contribution in [0.25, 0.3) is 0 Å². The molecule has 170 valence electrons. The average Bonchev–Trinajstić information content (AvgIpc) is 2.66. The lowest BCUT2D eigenvalue weighted by Gasteiger charge is -2.36. The molecule has 1 fully saturated rings. The number of carbonyl (C=O) groups excluding carboxylic acids is 1. The fourth-order valence-corrected chi connectivity index (χ4v) is 3.41. The summed E-state index contributed by atoms with van der Waals surface area (Å²) < 4.78 is 0. The summed E-state index contributed by atoms with van der Waals surface area (Å²) in [6, 6.07) is 8.75. The highest BCUT2D eigenvalue weighted by Crippen LogP contribution is 2.17. The van der Waals surface area contributed by atoms with Crippen molar-refractivity contribution in [2.24, 2.45) is 4.99 Å². The molecule has 1 aliphatic heterocycles. The molecule has 0 aromatic heterocycles. The van der Waals surface area contributed by atoms with Crippen LogP contribution in [-0.4, -0.2) is 75.2 Å². The summed E-state index contributed by atoms with van der Waals surface area (Å²) in [7, 11) is 1.72. The molecule has 0 saturated carbocycles. The van der Waals surface area contributed by atoms with Crippen molar-refractivity contribution < 1.29 is 4.79 Å². The van der Waals surface area contributed by atoms with E-state index in [0.29, 0.717) is 5.96 Å². The van der Waals surface area contributed by atoms with Crippen LogP contribution >= 0.6 is 24.0 Å². The molecule has 2 rings (SSSR count). The van der Waals surface area contributed by atoms with Crippen molar-refractivity contribution in [2.45, 2.75) is 39.7 Å². The van der Waals surface area contributed by atoms with Crippen LogP contribution in [0.2, 0.25) is 0 Å². The number of nitrogens with zero attached hydrogens (tertiary/aromatic N) is 3. The average molecular weight is 530 g/mol. The van der Waals surface area contributed by atoms with E-state index in [4.69, 9.17) is 0 Å². The van der Waals surface area contributed by atoms with Gasteiger partial charge in [0, 0.05) is 51.0 Å². The van der Waals surface area contributed by atoms with Crippen molar-refractivity contribution in [2.75, 3.05) is 57.8 Å². The number of carbonyl (C=O) groups is 1. The Kier molecular flexibility index (Phi) is 11.5. The maximum Gasteiger partial charge on any atom is 0.239 e. The quantitative estimate of drug-likeness (QED) is 0.218. The molecule has 3 N–H and O–H groups in total. The number of aryl methyl sites for hydroxylation is 1. The first-order valence-electron chi connectivity index (χ1n) is 10.6. The highest BCUT2D eigenvalue weighted by Gasteiger charge is 2.17. The standard InChI is InChI=1S/C22H38N6O.HI/c1-18-8-6-9-19(16-18)28-14-12-27(13-15-28)11-7-10-24-21(23-5)25-17-20(29)26-22(2,3)4;/h6,8-9,16H,7,10-15,17H2,1-5H3,(H,26,29)(H2,23,24,25);1H. The van der Waals surface area contributed by atoms with Gasteiger partial charge in [-0.1, -0.05) is 12.1 Å². The molecule has 1 saturated heterocycles. The number of piperazine rings is 1. The highest BCUT2D eigenvalue weighted by molar-refractivity contribution is 14.0. The van der Waals surface area contributed by atoms with E-state index in [9.17, 15) is 4.79 Å². The number of hydrogen-bond acceptors (Lipinski definition) is 4. The summed E-state index contributed by atoms with van der Waals surface area (Å²) in [5.41, 5.74) is 2.42. The number of halogens is 1. The van der Waals surface area contributed by atoms with Gasteiger partial charge in [-0.05, 0) is 58.4 Å². The van der Waals surface area contributed by atoms with E-state index in [-0.39, 0.29) is 42.0 Å². The number of nitrogens with one attached hydrogen (secondary N) is 3. The van der Waals surface area contributed by atoms with Gasteiger partial charge in [-0.2, -0.15) is 0 Å². The van der Waals surface area contributed by atoms with Crippen molar-refractivity contribution in [1.82, 2.24) is 20.9 Å². The Balaban J connectivity index is 0.00000450. The smallest absolute Gasteiger partial charge is 0.239 e. The molecule has 1 amide bonds. The molecule has 0 aliphatic carbocycles. The third kappa shape index (κ3) is 9.97. The molecule has 1 aromatic rings. The van der Waals surface area contributed by atoms with Crippen LogP contribution in [0.3, 0.4) is 0 Å². The zero-order valence-corrected chi connectivity index (χ0v) is 21.5. The molecule has 1 aromatic carbocycles. The second kappa shape index (κ2) is 13.0. The Morgan fingerprint density at radius 3 is 2.43 bits per heavy atom. The summed E-state index contributed by atoms with van der Waals surface area (Å²) in [4.78, 5) is 21.1. The fourth-order valence-electron chi connectivity index (χ4n) is 3.41. The summed E-state index contributed by atoms with van der Waals surface area (Å²) in [5, 5.41) is 9.29. The van der Waals surface area contributed by atoms with Gasteiger partial charge in [-0.3, -0.25) is 14.7 Å². The highest BCUT2D eigenvalue weighted by atomic mass is 127. The molecule has 1 heterocycles. The normalized spacial score (nSPS) is 15.4. The van der Waals surface area contributed by atoms with Gasteiger partial charge >= 0.3 is 0 Å². The second-order valence-electron chi connectivity index (χ2n) is 8.67. The van der Waals surface area contributed by atoms with Gasteiger partial charge in [0.15, 0.2) is 5.96 Å². The second-order valence-corrected chi connectivity index (χ2v) is 8.67. The minimum atomic E-state index is -0.223. The number of anilines is 1. The number of guanidine groups is 1. The lowest BCUT2D eigenvalue weighted by molar-refractivity contribution is -0.121. The monoisotopic (exact) mass is 530 g/mol. The minimum Gasteiger partial charge on any atom is -0.369 e. The van der Waals surface area contributed by atoms with Gasteiger partial charge < -0.3 is 20.9 Å². The number of rotatable bonds is 7. The van der Waals surface area contributed by atoms with Gasteiger partial charge in [0.25, 0.3) is 0 Å². The maximum atomic E-state index is 11.9. The lowest BCUT2D eigenvalue weighted by atomic mass is 10.1. The van der Waals surface area contributed by atoms with E-state index in [0.717, 1.165) is 45.7 Å². The van der Waals surface area contributed by atoms with E-state index < -0.39 is 0 Å². The first kappa shape index (κ1) is 26.5. The third-order valence-corrected chi connectivity index (χ3v) is 4.84. The molecular formula is C22H39IN6O. The summed E-state index contributed by atoms with van der Waals surface area (Å²) in [5.74, 6) is 0.630. The Morgan fingerprint density at radius 1 is 1.13 bits per heavy atom. The molecular weight excluding hydrogens is 491 g/mol. The molecule has 0 atom stereocenters. The SMILES string of the molecule is CN=C(NCCCN1CCN(c2cccc(C)c2)CC1)NCC(=O)NC(C)(C)C.I. The molecule has 0 spiro atoms. The minimum absolute atomic E-state index is 0. The van der Waals surface area contributed by atoms with Crippen LogP contribution in [0.1, 0.15) is 32.8 Å². The van der Waals surface area contributed by atoms with Gasteiger partial charge in [0.1, 0.15) is 0 Å². The maximum absolute atomic E-state index is 11.9.